The Bertz CT molecular complexity index is 848. The van der Waals surface area contributed by atoms with Gasteiger partial charge in [0, 0.05) is 13.2 Å². The fraction of sp³-hybridized carbons (Fsp3) is 0.278. The fourth-order valence-electron chi connectivity index (χ4n) is 2.36. The number of anilines is 1. The number of benzene rings is 1. The molecule has 2 amide bonds. The van der Waals surface area contributed by atoms with E-state index >= 15 is 0 Å². The van der Waals surface area contributed by atoms with Crippen molar-refractivity contribution in [3.63, 3.8) is 0 Å². The molecule has 1 N–H and O–H groups in total. The van der Waals surface area contributed by atoms with Crippen LogP contribution in [0.1, 0.15) is 8.30 Å². The van der Waals surface area contributed by atoms with Crippen LogP contribution in [0.25, 0.3) is 0 Å². The lowest BCUT2D eigenvalue weighted by Crippen LogP contribution is -2.25. The number of carbonyl (C=O) groups is 2. The van der Waals surface area contributed by atoms with Crippen molar-refractivity contribution in [3.8, 4) is 5.75 Å². The Kier molecular flexibility index (Phi) is 4.74. The number of nitrogens with one attached hydrogen (secondary N) is 1. The lowest BCUT2D eigenvalue weighted by molar-refractivity contribution is -0.118. The SMILES string of the molecule is [3H]c1cnc(N(C)CCOc2ccc(CC3SC(=O)NC3=O)cc2)c([3H])c1. The van der Waals surface area contributed by atoms with Gasteiger partial charge in [0.15, 0.2) is 0 Å². The van der Waals surface area contributed by atoms with Gasteiger partial charge in [-0.15, -0.1) is 0 Å². The van der Waals surface area contributed by atoms with Crippen LogP contribution in [0.15, 0.2) is 48.6 Å². The second kappa shape index (κ2) is 8.02. The van der Waals surface area contributed by atoms with Crippen LogP contribution in [-0.4, -0.2) is 41.6 Å². The third kappa shape index (κ3) is 4.73. The van der Waals surface area contributed by atoms with Crippen molar-refractivity contribution < 1.29 is 17.1 Å². The number of imide groups is 1. The van der Waals surface area contributed by atoms with Crippen LogP contribution in [-0.2, 0) is 11.2 Å². The zero-order valence-electron chi connectivity index (χ0n) is 15.7. The molecule has 2 aromatic rings. The van der Waals surface area contributed by atoms with E-state index in [4.69, 9.17) is 7.48 Å². The first-order valence-electron chi connectivity index (χ1n) is 8.80. The number of rotatable bonds is 7. The molecule has 1 fully saturated rings. The van der Waals surface area contributed by atoms with Gasteiger partial charge in [0.1, 0.15) is 18.2 Å². The van der Waals surface area contributed by atoms with Crippen molar-refractivity contribution in [1.29, 1.82) is 0 Å². The standard InChI is InChI=1S/C18H19N3O3S/c1-21(16-4-2-3-9-19-16)10-11-24-14-7-5-13(6-8-14)12-15-17(22)20-18(23)25-15/h2-9,15H,10-12H2,1H3,(H,20,22,23)/i3T,4T. The summed E-state index contributed by atoms with van der Waals surface area (Å²) in [6, 6.07) is 9.30. The molecule has 0 bridgehead atoms. The first kappa shape index (κ1) is 14.8. The monoisotopic (exact) mass is 361 g/mol. The number of carbonyl (C=O) groups excluding carboxylic acids is 2. The van der Waals surface area contributed by atoms with E-state index in [2.05, 4.69) is 10.3 Å². The minimum absolute atomic E-state index is 0.210. The maximum absolute atomic E-state index is 11.6. The Balaban J connectivity index is 1.48. The molecule has 1 aliphatic rings. The highest BCUT2D eigenvalue weighted by Gasteiger charge is 2.31. The highest BCUT2D eigenvalue weighted by atomic mass is 32.2. The largest absolute Gasteiger partial charge is 0.492 e. The van der Waals surface area contributed by atoms with Gasteiger partial charge >= 0.3 is 0 Å². The summed E-state index contributed by atoms with van der Waals surface area (Å²) in [6.45, 7) is 0.952. The minimum atomic E-state index is -0.375. The maximum Gasteiger partial charge on any atom is 0.286 e. The normalized spacial score (nSPS) is 17.7. The maximum atomic E-state index is 11.6. The highest BCUT2D eigenvalue weighted by Crippen LogP contribution is 2.23. The number of thioether (sulfide) groups is 1. The molecule has 6 nitrogen and oxygen atoms in total. The van der Waals surface area contributed by atoms with Crippen molar-refractivity contribution >= 4 is 28.7 Å². The van der Waals surface area contributed by atoms with Crippen molar-refractivity contribution in [2.24, 2.45) is 0 Å². The van der Waals surface area contributed by atoms with Crippen molar-refractivity contribution in [1.82, 2.24) is 10.3 Å². The average molecular weight is 361 g/mol. The molecule has 1 unspecified atom stereocenters. The molecule has 0 radical (unpaired) electrons. The molecule has 1 saturated heterocycles. The average Bonchev–Trinajstić information content (AvgIpc) is 2.93. The number of likely N-dealkylation sites (N-methyl/N-ethyl adjacent to an activating group) is 1. The fourth-order valence-corrected chi connectivity index (χ4v) is 3.22. The van der Waals surface area contributed by atoms with Crippen LogP contribution in [0.3, 0.4) is 0 Å². The molecule has 25 heavy (non-hydrogen) atoms. The van der Waals surface area contributed by atoms with E-state index in [0.717, 1.165) is 17.3 Å². The number of hydrogen-bond acceptors (Lipinski definition) is 6. The first-order chi connectivity index (χ1) is 12.9. The van der Waals surface area contributed by atoms with Gasteiger partial charge in [-0.1, -0.05) is 30.0 Å². The third-order valence-electron chi connectivity index (χ3n) is 3.71. The highest BCUT2D eigenvalue weighted by molar-refractivity contribution is 8.15. The van der Waals surface area contributed by atoms with Gasteiger partial charge in [0.05, 0.1) is 14.5 Å². The predicted octanol–water partition coefficient (Wildman–Crippen LogP) is 2.49. The van der Waals surface area contributed by atoms with E-state index < -0.39 is 0 Å². The van der Waals surface area contributed by atoms with Crippen molar-refractivity contribution in [2.75, 3.05) is 25.1 Å². The lowest BCUT2D eigenvalue weighted by Gasteiger charge is -2.18. The molecule has 130 valence electrons. The van der Waals surface area contributed by atoms with Gasteiger partial charge in [0.25, 0.3) is 5.24 Å². The molecule has 1 aromatic carbocycles. The Labute approximate surface area is 153 Å². The van der Waals surface area contributed by atoms with Gasteiger partial charge in [-0.05, 0) is 36.2 Å². The van der Waals surface area contributed by atoms with Crippen molar-refractivity contribution in [3.05, 3.63) is 54.2 Å². The van der Waals surface area contributed by atoms with Gasteiger partial charge in [-0.3, -0.25) is 14.9 Å². The van der Waals surface area contributed by atoms with Crippen LogP contribution in [0.4, 0.5) is 10.6 Å². The molecule has 0 spiro atoms. The topological polar surface area (TPSA) is 71.5 Å². The summed E-state index contributed by atoms with van der Waals surface area (Å²) in [5, 5.41) is 1.61. The van der Waals surface area contributed by atoms with Crippen LogP contribution in [0.5, 0.6) is 5.75 Å². The van der Waals surface area contributed by atoms with Gasteiger partial charge in [-0.25, -0.2) is 4.98 Å². The molecule has 1 aromatic heterocycles. The van der Waals surface area contributed by atoms with Crippen LogP contribution in [0, 0.1) is 0 Å². The van der Waals surface area contributed by atoms with E-state index in [-0.39, 0.29) is 28.5 Å². The number of ether oxygens (including phenoxy) is 1. The zero-order chi connectivity index (χ0) is 19.4. The summed E-state index contributed by atoms with van der Waals surface area (Å²) in [4.78, 5) is 28.7. The quantitative estimate of drug-likeness (QED) is 0.817. The summed E-state index contributed by atoms with van der Waals surface area (Å²) in [6.07, 6.45) is 1.91. The number of nitrogens with zero attached hydrogens (tertiary/aromatic N) is 2. The second-order valence-electron chi connectivity index (χ2n) is 5.54. The molecule has 2 heterocycles. The predicted molar refractivity (Wildman–Crippen MR) is 98.1 cm³/mol. The van der Waals surface area contributed by atoms with Crippen LogP contribution < -0.4 is 15.0 Å². The molecule has 3 rings (SSSR count). The molecule has 0 aliphatic carbocycles. The van der Waals surface area contributed by atoms with E-state index in [1.54, 1.807) is 0 Å². The smallest absolute Gasteiger partial charge is 0.286 e. The summed E-state index contributed by atoms with van der Waals surface area (Å²) in [7, 11) is 1.82. The Hall–Kier alpha value is -2.54. The van der Waals surface area contributed by atoms with E-state index in [0.29, 0.717) is 31.1 Å². The number of hydrogen-bond donors (Lipinski definition) is 1. The van der Waals surface area contributed by atoms with Gasteiger partial charge < -0.3 is 9.64 Å². The lowest BCUT2D eigenvalue weighted by atomic mass is 10.1. The number of amides is 2. The molecule has 7 heteroatoms. The number of aromatic nitrogens is 1. The summed E-state index contributed by atoms with van der Waals surface area (Å²) < 4.78 is 21.1. The number of pyridine rings is 1. The Morgan fingerprint density at radius 2 is 2.16 bits per heavy atom. The summed E-state index contributed by atoms with van der Waals surface area (Å²) in [5.41, 5.74) is 0.959. The molecular weight excluding hydrogens is 338 g/mol. The Morgan fingerprint density at radius 3 is 2.84 bits per heavy atom. The summed E-state index contributed by atoms with van der Waals surface area (Å²) in [5.74, 6) is 0.966. The van der Waals surface area contributed by atoms with E-state index in [9.17, 15) is 9.59 Å². The molecule has 1 atom stereocenters. The molecule has 0 saturated carbocycles. The second-order valence-corrected chi connectivity index (χ2v) is 6.71. The first-order valence-corrected chi connectivity index (χ1v) is 8.68. The van der Waals surface area contributed by atoms with Gasteiger partial charge in [0.2, 0.25) is 5.91 Å². The molecule has 1 aliphatic heterocycles. The van der Waals surface area contributed by atoms with Crippen LogP contribution >= 0.6 is 11.8 Å². The van der Waals surface area contributed by atoms with Crippen molar-refractivity contribution in [2.45, 2.75) is 11.7 Å². The van der Waals surface area contributed by atoms with Gasteiger partial charge in [-0.2, -0.15) is 0 Å². The van der Waals surface area contributed by atoms with Crippen LogP contribution in [0.2, 0.25) is 0 Å². The minimum Gasteiger partial charge on any atom is -0.492 e. The summed E-state index contributed by atoms with van der Waals surface area (Å²) >= 11 is 1.02. The third-order valence-corrected chi connectivity index (χ3v) is 4.70. The van der Waals surface area contributed by atoms with E-state index in [1.807, 2.05) is 36.2 Å². The zero-order valence-corrected chi connectivity index (χ0v) is 14.5. The van der Waals surface area contributed by atoms with E-state index in [1.165, 1.54) is 12.3 Å². The Morgan fingerprint density at radius 1 is 1.36 bits per heavy atom. The molecular formula is C18H19N3O3S.